The molecule has 0 aromatic heterocycles. The van der Waals surface area contributed by atoms with Gasteiger partial charge in [0.05, 0.1) is 30.7 Å². The summed E-state index contributed by atoms with van der Waals surface area (Å²) in [7, 11) is 1.58. The van der Waals surface area contributed by atoms with Crippen molar-refractivity contribution in [3.63, 3.8) is 0 Å². The van der Waals surface area contributed by atoms with E-state index in [0.717, 1.165) is 22.1 Å². The Labute approximate surface area is 254 Å². The van der Waals surface area contributed by atoms with E-state index >= 15 is 0 Å². The maximum atomic E-state index is 13.0. The van der Waals surface area contributed by atoms with Crippen molar-refractivity contribution < 1.29 is 38.1 Å². The lowest BCUT2D eigenvalue weighted by molar-refractivity contribution is -0.154. The number of methoxy groups -OCH3 is 1. The highest BCUT2D eigenvalue weighted by Crippen LogP contribution is 2.49. The number of esters is 3. The molecule has 0 spiro atoms. The highest BCUT2D eigenvalue weighted by molar-refractivity contribution is 8.03. The van der Waals surface area contributed by atoms with Gasteiger partial charge < -0.3 is 23.8 Å². The number of hydrogen-bond donors (Lipinski definition) is 0. The van der Waals surface area contributed by atoms with Gasteiger partial charge in [0.15, 0.2) is 5.78 Å². The first kappa shape index (κ1) is 32.9. The van der Waals surface area contributed by atoms with Gasteiger partial charge in [-0.05, 0) is 31.0 Å². The van der Waals surface area contributed by atoms with Crippen molar-refractivity contribution in [3.05, 3.63) is 41.0 Å². The number of anilines is 1. The normalized spacial score (nSPS) is 16.9. The van der Waals surface area contributed by atoms with E-state index in [1.165, 1.54) is 24.3 Å². The van der Waals surface area contributed by atoms with Gasteiger partial charge >= 0.3 is 17.9 Å². The molecule has 1 aromatic carbocycles. The molecule has 3 rings (SSSR count). The number of nitrogens with zero attached hydrogens (tertiary/aromatic N) is 1. The average molecular weight is 624 g/mol. The highest BCUT2D eigenvalue weighted by atomic mass is 32.2. The van der Waals surface area contributed by atoms with Crippen LogP contribution in [-0.4, -0.2) is 79.7 Å². The molecule has 41 heavy (non-hydrogen) atoms. The van der Waals surface area contributed by atoms with Crippen molar-refractivity contribution in [3.8, 4) is 5.75 Å². The summed E-state index contributed by atoms with van der Waals surface area (Å²) < 4.78 is 21.3. The standard InChI is InChI=1S/C29H37NO8S3/c1-18(2)13-30-23-7-6-21(35-5)12-24(23)41-28(30)27(20(4)31)29(34)37-11-10-36-25(32)8-9-26(33)38-22-16-39-14-19(3)15-40-17-22/h6-7,12,18,22H,3,8-11,13-17H2,1-2,4-5H3/b28-27-. The summed E-state index contributed by atoms with van der Waals surface area (Å²) in [6.07, 6.45) is -0.427. The number of benzene rings is 1. The third kappa shape index (κ3) is 10.0. The van der Waals surface area contributed by atoms with Crippen LogP contribution in [0.1, 0.15) is 33.6 Å². The first-order chi connectivity index (χ1) is 19.6. The van der Waals surface area contributed by atoms with Gasteiger partial charge in [0.25, 0.3) is 0 Å². The van der Waals surface area contributed by atoms with Crippen LogP contribution in [-0.2, 0) is 33.4 Å². The van der Waals surface area contributed by atoms with Gasteiger partial charge in [0.1, 0.15) is 30.6 Å². The molecule has 0 amide bonds. The number of fused-ring (bicyclic) bond motifs is 1. The molecular weight excluding hydrogens is 587 g/mol. The van der Waals surface area contributed by atoms with E-state index in [-0.39, 0.29) is 43.7 Å². The molecule has 2 aliphatic rings. The van der Waals surface area contributed by atoms with E-state index in [1.807, 2.05) is 23.1 Å². The van der Waals surface area contributed by atoms with Crippen molar-refractivity contribution in [2.24, 2.45) is 5.92 Å². The number of Topliss-reactive ketones (excluding diaryl/α,β-unsaturated/α-hetero) is 1. The van der Waals surface area contributed by atoms with Gasteiger partial charge in [0, 0.05) is 34.5 Å². The fraction of sp³-hybridized carbons (Fsp3) is 0.517. The van der Waals surface area contributed by atoms with Crippen molar-refractivity contribution in [1.82, 2.24) is 0 Å². The minimum Gasteiger partial charge on any atom is -0.497 e. The second-order valence-corrected chi connectivity index (χ2v) is 13.0. The van der Waals surface area contributed by atoms with Crippen LogP contribution in [0.5, 0.6) is 5.75 Å². The maximum absolute atomic E-state index is 13.0. The molecule has 2 aliphatic heterocycles. The molecule has 0 saturated carbocycles. The number of ether oxygens (including phenoxy) is 4. The average Bonchev–Trinajstić information content (AvgIpc) is 3.24. The van der Waals surface area contributed by atoms with Gasteiger partial charge in [-0.15, -0.1) is 0 Å². The van der Waals surface area contributed by atoms with Gasteiger partial charge in [-0.1, -0.05) is 37.8 Å². The van der Waals surface area contributed by atoms with E-state index < -0.39 is 23.7 Å². The van der Waals surface area contributed by atoms with Gasteiger partial charge in [-0.25, -0.2) is 4.79 Å². The summed E-state index contributed by atoms with van der Waals surface area (Å²) in [6, 6.07) is 5.61. The molecule has 0 atom stereocenters. The number of ketones is 1. The van der Waals surface area contributed by atoms with Gasteiger partial charge in [-0.3, -0.25) is 14.4 Å². The predicted molar refractivity (Wildman–Crippen MR) is 164 cm³/mol. The summed E-state index contributed by atoms with van der Waals surface area (Å²) in [5.74, 6) is 1.76. The second-order valence-electron chi connectivity index (χ2n) is 9.93. The highest BCUT2D eigenvalue weighted by Gasteiger charge is 2.33. The fourth-order valence-corrected chi connectivity index (χ4v) is 7.49. The smallest absolute Gasteiger partial charge is 0.344 e. The van der Waals surface area contributed by atoms with E-state index in [9.17, 15) is 19.2 Å². The molecule has 0 N–H and O–H groups in total. The molecule has 0 bridgehead atoms. The number of carbonyl (C=O) groups is 4. The summed E-state index contributed by atoms with van der Waals surface area (Å²) in [5.41, 5.74) is 2.00. The molecule has 1 saturated heterocycles. The molecule has 1 aromatic rings. The first-order valence-corrected chi connectivity index (χ1v) is 16.4. The van der Waals surface area contributed by atoms with Gasteiger partial charge in [0.2, 0.25) is 0 Å². The fourth-order valence-electron chi connectivity index (χ4n) is 4.02. The van der Waals surface area contributed by atoms with Crippen LogP contribution in [0.4, 0.5) is 5.69 Å². The van der Waals surface area contributed by atoms with Crippen LogP contribution < -0.4 is 9.64 Å². The third-order valence-electron chi connectivity index (χ3n) is 5.86. The SMILES string of the molecule is C=C1CSCC(OC(=O)CCC(=O)OCCOC(=O)/C(C(C)=O)=C2\Sc3cc(OC)ccc3N2CC(C)C)CSC1. The van der Waals surface area contributed by atoms with Gasteiger partial charge in [-0.2, -0.15) is 23.5 Å². The van der Waals surface area contributed by atoms with Crippen molar-refractivity contribution >= 4 is 64.7 Å². The Morgan fingerprint density at radius 3 is 2.32 bits per heavy atom. The number of rotatable bonds is 12. The molecule has 0 unspecified atom stereocenters. The second kappa shape index (κ2) is 16.2. The molecule has 1 fully saturated rings. The molecule has 0 aliphatic carbocycles. The Kier molecular flexibility index (Phi) is 13.0. The molecule has 12 heteroatoms. The van der Waals surface area contributed by atoms with E-state index in [2.05, 4.69) is 20.4 Å². The van der Waals surface area contributed by atoms with Crippen LogP contribution in [0, 0.1) is 5.92 Å². The van der Waals surface area contributed by atoms with Crippen molar-refractivity contribution in [2.45, 2.75) is 44.6 Å². The monoisotopic (exact) mass is 623 g/mol. The van der Waals surface area contributed by atoms with Crippen LogP contribution >= 0.6 is 35.3 Å². The Bertz CT molecular complexity index is 1170. The zero-order valence-corrected chi connectivity index (χ0v) is 26.3. The zero-order valence-electron chi connectivity index (χ0n) is 23.9. The molecular formula is C29H37NO8S3. The number of hydrogen-bond acceptors (Lipinski definition) is 12. The molecule has 0 radical (unpaired) electrons. The maximum Gasteiger partial charge on any atom is 0.344 e. The Morgan fingerprint density at radius 2 is 1.68 bits per heavy atom. The number of thioether (sulfide) groups is 3. The van der Waals surface area contributed by atoms with Crippen LogP contribution in [0.25, 0.3) is 0 Å². The lowest BCUT2D eigenvalue weighted by atomic mass is 10.1. The topological polar surface area (TPSA) is 108 Å². The lowest BCUT2D eigenvalue weighted by Crippen LogP contribution is -2.28. The molecule has 9 nitrogen and oxygen atoms in total. The number of carbonyl (C=O) groups excluding carboxylic acids is 4. The van der Waals surface area contributed by atoms with Crippen LogP contribution in [0.3, 0.4) is 0 Å². The molecule has 2 heterocycles. The van der Waals surface area contributed by atoms with E-state index in [4.69, 9.17) is 18.9 Å². The lowest BCUT2D eigenvalue weighted by Gasteiger charge is -2.24. The summed E-state index contributed by atoms with van der Waals surface area (Å²) in [5, 5.41) is 0.501. The first-order valence-electron chi connectivity index (χ1n) is 13.3. The minimum atomic E-state index is -0.785. The quantitative estimate of drug-likeness (QED) is 0.0602. The summed E-state index contributed by atoms with van der Waals surface area (Å²) in [6.45, 7) is 9.61. The third-order valence-corrected chi connectivity index (χ3v) is 9.46. The van der Waals surface area contributed by atoms with Crippen LogP contribution in [0.15, 0.2) is 45.8 Å². The Balaban J connectivity index is 1.49. The molecule has 224 valence electrons. The van der Waals surface area contributed by atoms with E-state index in [0.29, 0.717) is 28.8 Å². The Morgan fingerprint density at radius 1 is 1.02 bits per heavy atom. The zero-order chi connectivity index (χ0) is 29.9. The largest absolute Gasteiger partial charge is 0.497 e. The Hall–Kier alpha value is -2.57. The van der Waals surface area contributed by atoms with Crippen molar-refractivity contribution in [1.29, 1.82) is 0 Å². The predicted octanol–water partition coefficient (Wildman–Crippen LogP) is 4.88. The van der Waals surface area contributed by atoms with Crippen molar-refractivity contribution in [2.75, 3.05) is 54.8 Å². The van der Waals surface area contributed by atoms with Crippen LogP contribution in [0.2, 0.25) is 0 Å². The minimum absolute atomic E-state index is 0.0604. The summed E-state index contributed by atoms with van der Waals surface area (Å²) >= 11 is 4.68. The summed E-state index contributed by atoms with van der Waals surface area (Å²) in [4.78, 5) is 52.8. The van der Waals surface area contributed by atoms with E-state index in [1.54, 1.807) is 30.6 Å².